The van der Waals surface area contributed by atoms with Gasteiger partial charge in [0.2, 0.25) is 0 Å². The molecule has 1 atom stereocenters. The molecule has 0 radical (unpaired) electrons. The lowest BCUT2D eigenvalue weighted by Crippen LogP contribution is -2.09. The topological polar surface area (TPSA) is 63.6 Å². The third-order valence-corrected chi connectivity index (χ3v) is 4.91. The van der Waals surface area contributed by atoms with E-state index in [0.29, 0.717) is 29.9 Å². The zero-order chi connectivity index (χ0) is 14.3. The van der Waals surface area contributed by atoms with Crippen molar-refractivity contribution in [3.63, 3.8) is 0 Å². The van der Waals surface area contributed by atoms with Crippen molar-refractivity contribution in [2.75, 3.05) is 12.9 Å². The summed E-state index contributed by atoms with van der Waals surface area (Å²) in [5.74, 6) is 0.764. The molecule has 0 spiro atoms. The Labute approximate surface area is 115 Å². The first kappa shape index (κ1) is 16.0. The SMILES string of the molecule is CCC(O)CCCCS(=O)(=O)c1ccc(OC)cc1. The average molecular weight is 286 g/mol. The Balaban J connectivity index is 2.51. The minimum Gasteiger partial charge on any atom is -0.497 e. The molecule has 0 saturated heterocycles. The van der Waals surface area contributed by atoms with Crippen LogP contribution in [-0.4, -0.2) is 32.5 Å². The normalized spacial score (nSPS) is 13.2. The third kappa shape index (κ3) is 5.20. The first-order valence-corrected chi connectivity index (χ1v) is 8.19. The van der Waals surface area contributed by atoms with Crippen LogP contribution in [0, 0.1) is 0 Å². The lowest BCUT2D eigenvalue weighted by atomic mass is 10.1. The number of aliphatic hydroxyl groups is 1. The maximum atomic E-state index is 12.0. The molecule has 1 unspecified atom stereocenters. The Kier molecular flexibility index (Phi) is 6.31. The zero-order valence-electron chi connectivity index (χ0n) is 11.5. The van der Waals surface area contributed by atoms with E-state index in [1.54, 1.807) is 31.4 Å². The smallest absolute Gasteiger partial charge is 0.178 e. The second-order valence-electron chi connectivity index (χ2n) is 4.55. The summed E-state index contributed by atoms with van der Waals surface area (Å²) < 4.78 is 29.1. The van der Waals surface area contributed by atoms with E-state index in [2.05, 4.69) is 0 Å². The molecule has 1 aromatic rings. The molecule has 0 aliphatic rings. The Hall–Kier alpha value is -1.07. The number of methoxy groups -OCH3 is 1. The van der Waals surface area contributed by atoms with Crippen LogP contribution in [0.5, 0.6) is 5.75 Å². The van der Waals surface area contributed by atoms with Gasteiger partial charge in [-0.05, 0) is 49.9 Å². The predicted molar refractivity (Wildman–Crippen MR) is 75.2 cm³/mol. The van der Waals surface area contributed by atoms with Crippen molar-refractivity contribution in [2.24, 2.45) is 0 Å². The average Bonchev–Trinajstić information content (AvgIpc) is 2.43. The van der Waals surface area contributed by atoms with Crippen molar-refractivity contribution >= 4 is 9.84 Å². The second-order valence-corrected chi connectivity index (χ2v) is 6.66. The fourth-order valence-corrected chi connectivity index (χ4v) is 3.15. The number of rotatable bonds is 8. The maximum absolute atomic E-state index is 12.0. The summed E-state index contributed by atoms with van der Waals surface area (Å²) >= 11 is 0. The molecule has 0 heterocycles. The van der Waals surface area contributed by atoms with Gasteiger partial charge in [0, 0.05) is 0 Å². The summed E-state index contributed by atoms with van der Waals surface area (Å²) in [6.45, 7) is 1.92. The molecule has 0 fully saturated rings. The van der Waals surface area contributed by atoms with Gasteiger partial charge in [-0.2, -0.15) is 0 Å². The van der Waals surface area contributed by atoms with Gasteiger partial charge in [0.15, 0.2) is 9.84 Å². The van der Waals surface area contributed by atoms with Crippen LogP contribution in [-0.2, 0) is 9.84 Å². The summed E-state index contributed by atoms with van der Waals surface area (Å²) in [5, 5.41) is 9.40. The van der Waals surface area contributed by atoms with Gasteiger partial charge in [-0.25, -0.2) is 8.42 Å². The lowest BCUT2D eigenvalue weighted by molar-refractivity contribution is 0.157. The Morgan fingerprint density at radius 1 is 1.21 bits per heavy atom. The van der Waals surface area contributed by atoms with E-state index in [9.17, 15) is 13.5 Å². The van der Waals surface area contributed by atoms with Crippen LogP contribution in [0.4, 0.5) is 0 Å². The summed E-state index contributed by atoms with van der Waals surface area (Å²) in [7, 11) is -1.68. The standard InChI is InChI=1S/C14H22O4S/c1-3-12(15)6-4-5-11-19(16,17)14-9-7-13(18-2)8-10-14/h7-10,12,15H,3-6,11H2,1-2H3. The molecular weight excluding hydrogens is 264 g/mol. The first-order chi connectivity index (χ1) is 8.99. The van der Waals surface area contributed by atoms with E-state index in [1.165, 1.54) is 0 Å². The van der Waals surface area contributed by atoms with Crippen molar-refractivity contribution in [3.05, 3.63) is 24.3 Å². The molecule has 0 aliphatic carbocycles. The van der Waals surface area contributed by atoms with E-state index in [4.69, 9.17) is 4.74 Å². The van der Waals surface area contributed by atoms with Crippen LogP contribution in [0.25, 0.3) is 0 Å². The number of hydrogen-bond acceptors (Lipinski definition) is 4. The van der Waals surface area contributed by atoms with Crippen molar-refractivity contribution in [1.29, 1.82) is 0 Å². The fourth-order valence-electron chi connectivity index (χ4n) is 1.78. The molecular formula is C14H22O4S. The number of ether oxygens (including phenoxy) is 1. The highest BCUT2D eigenvalue weighted by molar-refractivity contribution is 7.91. The number of benzene rings is 1. The van der Waals surface area contributed by atoms with Crippen LogP contribution in [0.15, 0.2) is 29.2 Å². The van der Waals surface area contributed by atoms with Crippen LogP contribution in [0.3, 0.4) is 0 Å². The van der Waals surface area contributed by atoms with E-state index >= 15 is 0 Å². The number of hydrogen-bond donors (Lipinski definition) is 1. The highest BCUT2D eigenvalue weighted by atomic mass is 32.2. The molecule has 0 amide bonds. The lowest BCUT2D eigenvalue weighted by Gasteiger charge is -2.08. The number of sulfone groups is 1. The highest BCUT2D eigenvalue weighted by Gasteiger charge is 2.14. The maximum Gasteiger partial charge on any atom is 0.178 e. The molecule has 1 rings (SSSR count). The van der Waals surface area contributed by atoms with E-state index in [-0.39, 0.29) is 11.9 Å². The van der Waals surface area contributed by atoms with Crippen LogP contribution >= 0.6 is 0 Å². The molecule has 0 saturated carbocycles. The number of unbranched alkanes of at least 4 members (excludes halogenated alkanes) is 1. The molecule has 1 N–H and O–H groups in total. The van der Waals surface area contributed by atoms with Crippen molar-refractivity contribution in [1.82, 2.24) is 0 Å². The van der Waals surface area contributed by atoms with Crippen molar-refractivity contribution in [2.45, 2.75) is 43.6 Å². The minimum absolute atomic E-state index is 0.121. The molecule has 0 aliphatic heterocycles. The minimum atomic E-state index is -3.23. The molecule has 0 aromatic heterocycles. The van der Waals surface area contributed by atoms with Gasteiger partial charge < -0.3 is 9.84 Å². The van der Waals surface area contributed by atoms with Crippen molar-refractivity contribution < 1.29 is 18.3 Å². The Morgan fingerprint density at radius 2 is 1.84 bits per heavy atom. The fraction of sp³-hybridized carbons (Fsp3) is 0.571. The van der Waals surface area contributed by atoms with Crippen LogP contribution in [0.2, 0.25) is 0 Å². The van der Waals surface area contributed by atoms with Crippen LogP contribution < -0.4 is 4.74 Å². The zero-order valence-corrected chi connectivity index (χ0v) is 12.3. The number of aliphatic hydroxyl groups excluding tert-OH is 1. The van der Waals surface area contributed by atoms with Crippen molar-refractivity contribution in [3.8, 4) is 5.75 Å². The summed E-state index contributed by atoms with van der Waals surface area (Å²) in [5.41, 5.74) is 0. The molecule has 4 nitrogen and oxygen atoms in total. The third-order valence-electron chi connectivity index (χ3n) is 3.09. The van der Waals surface area contributed by atoms with Gasteiger partial charge in [-0.3, -0.25) is 0 Å². The highest BCUT2D eigenvalue weighted by Crippen LogP contribution is 2.18. The van der Waals surface area contributed by atoms with Gasteiger partial charge in [0.05, 0.1) is 23.9 Å². The van der Waals surface area contributed by atoms with Gasteiger partial charge in [-0.1, -0.05) is 6.92 Å². The first-order valence-electron chi connectivity index (χ1n) is 6.54. The van der Waals surface area contributed by atoms with E-state index < -0.39 is 9.84 Å². The Bertz CT molecular complexity index is 465. The van der Waals surface area contributed by atoms with Crippen LogP contribution in [0.1, 0.15) is 32.6 Å². The Morgan fingerprint density at radius 3 is 2.37 bits per heavy atom. The largest absolute Gasteiger partial charge is 0.497 e. The molecule has 5 heteroatoms. The molecule has 108 valence electrons. The summed E-state index contributed by atoms with van der Waals surface area (Å²) in [6.07, 6.45) is 2.36. The molecule has 19 heavy (non-hydrogen) atoms. The summed E-state index contributed by atoms with van der Waals surface area (Å²) in [4.78, 5) is 0.323. The second kappa shape index (κ2) is 7.50. The quantitative estimate of drug-likeness (QED) is 0.745. The molecule has 1 aromatic carbocycles. The van der Waals surface area contributed by atoms with E-state index in [1.807, 2.05) is 6.92 Å². The predicted octanol–water partition coefficient (Wildman–Crippen LogP) is 2.41. The van der Waals surface area contributed by atoms with Gasteiger partial charge in [0.25, 0.3) is 0 Å². The summed E-state index contributed by atoms with van der Waals surface area (Å²) in [6, 6.07) is 6.42. The van der Waals surface area contributed by atoms with Gasteiger partial charge >= 0.3 is 0 Å². The van der Waals surface area contributed by atoms with Gasteiger partial charge in [-0.15, -0.1) is 0 Å². The van der Waals surface area contributed by atoms with Gasteiger partial charge in [0.1, 0.15) is 5.75 Å². The monoisotopic (exact) mass is 286 g/mol. The van der Waals surface area contributed by atoms with E-state index in [0.717, 1.165) is 6.42 Å². The molecule has 0 bridgehead atoms.